The number of methoxy groups -OCH3 is 1. The van der Waals surface area contributed by atoms with Gasteiger partial charge in [0.15, 0.2) is 0 Å². The monoisotopic (exact) mass is 339 g/mol. The maximum atomic E-state index is 13.0. The summed E-state index contributed by atoms with van der Waals surface area (Å²) in [6.07, 6.45) is 0. The summed E-state index contributed by atoms with van der Waals surface area (Å²) in [6, 6.07) is 11.9. The second-order valence-corrected chi connectivity index (χ2v) is 5.91. The number of carbonyl (C=O) groups is 1. The van der Waals surface area contributed by atoms with E-state index in [9.17, 15) is 9.18 Å². The Bertz CT molecular complexity index is 666. The van der Waals surface area contributed by atoms with Crippen molar-refractivity contribution in [2.75, 3.05) is 12.9 Å². The molecule has 0 bridgehead atoms. The number of amides is 1. The molecule has 3 nitrogen and oxygen atoms in total. The Kier molecular flexibility index (Phi) is 6.10. The van der Waals surface area contributed by atoms with Gasteiger partial charge in [0, 0.05) is 17.0 Å². The number of hydrogen-bond donors (Lipinski definition) is 1. The highest BCUT2D eigenvalue weighted by Crippen LogP contribution is 2.24. The zero-order valence-corrected chi connectivity index (χ0v) is 13.5. The predicted molar refractivity (Wildman–Crippen MR) is 87.0 cm³/mol. The Morgan fingerprint density at radius 2 is 2.09 bits per heavy atom. The molecule has 2 rings (SSSR count). The fraction of sp³-hybridized carbons (Fsp3) is 0.188. The normalized spacial score (nSPS) is 10.3. The first-order valence-electron chi connectivity index (χ1n) is 6.56. The lowest BCUT2D eigenvalue weighted by Gasteiger charge is -2.09. The molecule has 0 aliphatic heterocycles. The van der Waals surface area contributed by atoms with Crippen LogP contribution in [-0.2, 0) is 11.3 Å². The molecule has 2 aromatic carbocycles. The van der Waals surface area contributed by atoms with Crippen molar-refractivity contribution in [3.63, 3.8) is 0 Å². The summed E-state index contributed by atoms with van der Waals surface area (Å²) in [5.41, 5.74) is 0.910. The number of carbonyl (C=O) groups excluding carboxylic acids is 1. The lowest BCUT2D eigenvalue weighted by molar-refractivity contribution is -0.118. The number of ether oxygens (including phenoxy) is 1. The minimum atomic E-state index is -0.466. The van der Waals surface area contributed by atoms with Crippen molar-refractivity contribution in [3.8, 4) is 5.75 Å². The van der Waals surface area contributed by atoms with Crippen LogP contribution in [0.3, 0.4) is 0 Å². The molecule has 0 saturated carbocycles. The first-order chi connectivity index (χ1) is 10.6. The molecule has 0 aromatic heterocycles. The number of hydrogen-bond acceptors (Lipinski definition) is 3. The topological polar surface area (TPSA) is 38.3 Å². The van der Waals surface area contributed by atoms with Gasteiger partial charge in [-0.2, -0.15) is 0 Å². The highest BCUT2D eigenvalue weighted by atomic mass is 35.5. The Morgan fingerprint density at radius 1 is 1.32 bits per heavy atom. The molecule has 116 valence electrons. The van der Waals surface area contributed by atoms with E-state index in [1.54, 1.807) is 13.2 Å². The second kappa shape index (κ2) is 8.06. The van der Waals surface area contributed by atoms with Crippen molar-refractivity contribution in [1.29, 1.82) is 0 Å². The molecule has 0 unspecified atom stereocenters. The van der Waals surface area contributed by atoms with Crippen molar-refractivity contribution >= 4 is 29.3 Å². The minimum absolute atomic E-state index is 0.0550. The van der Waals surface area contributed by atoms with Crippen molar-refractivity contribution in [1.82, 2.24) is 5.32 Å². The lowest BCUT2D eigenvalue weighted by Crippen LogP contribution is -2.24. The molecule has 0 aliphatic rings. The maximum Gasteiger partial charge on any atom is 0.230 e. The van der Waals surface area contributed by atoms with Crippen molar-refractivity contribution < 1.29 is 13.9 Å². The summed E-state index contributed by atoms with van der Waals surface area (Å²) in [4.78, 5) is 12.6. The van der Waals surface area contributed by atoms with E-state index in [4.69, 9.17) is 16.3 Å². The predicted octanol–water partition coefficient (Wildman–Crippen LogP) is 3.90. The average Bonchev–Trinajstić information content (AvgIpc) is 2.54. The highest BCUT2D eigenvalue weighted by molar-refractivity contribution is 8.00. The molecule has 0 saturated heterocycles. The lowest BCUT2D eigenvalue weighted by atomic mass is 10.2. The average molecular weight is 340 g/mol. The van der Waals surface area contributed by atoms with E-state index in [2.05, 4.69) is 5.32 Å². The summed E-state index contributed by atoms with van der Waals surface area (Å²) >= 11 is 7.00. The Labute approximate surface area is 137 Å². The van der Waals surface area contributed by atoms with Crippen LogP contribution in [0.2, 0.25) is 5.02 Å². The number of nitrogens with one attached hydrogen (secondary N) is 1. The molecule has 0 aliphatic carbocycles. The van der Waals surface area contributed by atoms with Gasteiger partial charge in [0.1, 0.15) is 11.6 Å². The molecule has 0 spiro atoms. The standard InChI is InChI=1S/C16H15ClFNO2S/c1-21-15-5-3-2-4-11(15)9-19-16(20)10-22-12-6-7-14(18)13(17)8-12/h2-8H,9-10H2,1H3,(H,19,20). The fourth-order valence-corrected chi connectivity index (χ4v) is 2.82. The van der Waals surface area contributed by atoms with E-state index in [-0.39, 0.29) is 16.7 Å². The van der Waals surface area contributed by atoms with Crippen molar-refractivity contribution in [3.05, 3.63) is 58.9 Å². The van der Waals surface area contributed by atoms with Gasteiger partial charge in [-0.15, -0.1) is 11.8 Å². The minimum Gasteiger partial charge on any atom is -0.496 e. The molecule has 0 atom stereocenters. The van der Waals surface area contributed by atoms with Crippen LogP contribution >= 0.6 is 23.4 Å². The van der Waals surface area contributed by atoms with Gasteiger partial charge in [0.05, 0.1) is 17.9 Å². The molecular formula is C16H15ClFNO2S. The van der Waals surface area contributed by atoms with Crippen LogP contribution in [-0.4, -0.2) is 18.8 Å². The smallest absolute Gasteiger partial charge is 0.230 e. The van der Waals surface area contributed by atoms with Crippen LogP contribution in [0.1, 0.15) is 5.56 Å². The van der Waals surface area contributed by atoms with Crippen LogP contribution in [0.4, 0.5) is 4.39 Å². The molecule has 0 fully saturated rings. The van der Waals surface area contributed by atoms with Gasteiger partial charge in [-0.1, -0.05) is 29.8 Å². The van der Waals surface area contributed by atoms with E-state index in [0.29, 0.717) is 6.54 Å². The van der Waals surface area contributed by atoms with Crippen molar-refractivity contribution in [2.45, 2.75) is 11.4 Å². The van der Waals surface area contributed by atoms with E-state index in [1.165, 1.54) is 23.9 Å². The first kappa shape index (κ1) is 16.6. The van der Waals surface area contributed by atoms with Gasteiger partial charge in [-0.05, 0) is 24.3 Å². The zero-order valence-electron chi connectivity index (χ0n) is 11.9. The van der Waals surface area contributed by atoms with E-state index in [0.717, 1.165) is 16.2 Å². The van der Waals surface area contributed by atoms with Crippen LogP contribution in [0.5, 0.6) is 5.75 Å². The Balaban J connectivity index is 1.84. The van der Waals surface area contributed by atoms with Gasteiger partial charge in [-0.3, -0.25) is 4.79 Å². The summed E-state index contributed by atoms with van der Waals surface area (Å²) in [5, 5.41) is 2.88. The second-order valence-electron chi connectivity index (χ2n) is 4.45. The van der Waals surface area contributed by atoms with Gasteiger partial charge < -0.3 is 10.1 Å². The molecular weight excluding hydrogens is 325 g/mol. The number of benzene rings is 2. The Morgan fingerprint density at radius 3 is 2.82 bits per heavy atom. The van der Waals surface area contributed by atoms with Crippen LogP contribution in [0, 0.1) is 5.82 Å². The van der Waals surface area contributed by atoms with Gasteiger partial charge in [0.2, 0.25) is 5.91 Å². The third-order valence-corrected chi connectivity index (χ3v) is 4.21. The Hall–Kier alpha value is -1.72. The largest absolute Gasteiger partial charge is 0.496 e. The third kappa shape index (κ3) is 4.64. The third-order valence-electron chi connectivity index (χ3n) is 2.93. The molecule has 2 aromatic rings. The quantitative estimate of drug-likeness (QED) is 0.811. The number of halogens is 2. The van der Waals surface area contributed by atoms with Gasteiger partial charge in [-0.25, -0.2) is 4.39 Å². The molecule has 0 radical (unpaired) electrons. The molecule has 1 amide bonds. The van der Waals surface area contributed by atoms with Crippen LogP contribution in [0.25, 0.3) is 0 Å². The highest BCUT2D eigenvalue weighted by Gasteiger charge is 2.07. The van der Waals surface area contributed by atoms with E-state index >= 15 is 0 Å². The number of rotatable bonds is 6. The molecule has 0 heterocycles. The molecule has 6 heteroatoms. The number of para-hydroxylation sites is 1. The van der Waals surface area contributed by atoms with Crippen LogP contribution in [0.15, 0.2) is 47.4 Å². The zero-order chi connectivity index (χ0) is 15.9. The summed E-state index contributed by atoms with van der Waals surface area (Å²) in [7, 11) is 1.59. The summed E-state index contributed by atoms with van der Waals surface area (Å²) < 4.78 is 18.3. The van der Waals surface area contributed by atoms with Crippen LogP contribution < -0.4 is 10.1 Å². The molecule has 1 N–H and O–H groups in total. The molecule has 22 heavy (non-hydrogen) atoms. The maximum absolute atomic E-state index is 13.0. The van der Waals surface area contributed by atoms with Crippen molar-refractivity contribution in [2.24, 2.45) is 0 Å². The van der Waals surface area contributed by atoms with Gasteiger partial charge >= 0.3 is 0 Å². The summed E-state index contributed by atoms with van der Waals surface area (Å²) in [6.45, 7) is 0.396. The van der Waals surface area contributed by atoms with E-state index < -0.39 is 5.82 Å². The summed E-state index contributed by atoms with van der Waals surface area (Å²) in [5.74, 6) is 0.390. The van der Waals surface area contributed by atoms with E-state index in [1.807, 2.05) is 24.3 Å². The number of thioether (sulfide) groups is 1. The SMILES string of the molecule is COc1ccccc1CNC(=O)CSc1ccc(F)c(Cl)c1. The first-order valence-corrected chi connectivity index (χ1v) is 7.93. The fourth-order valence-electron chi connectivity index (χ4n) is 1.81. The van der Waals surface area contributed by atoms with Gasteiger partial charge in [0.25, 0.3) is 0 Å².